The summed E-state index contributed by atoms with van der Waals surface area (Å²) < 4.78 is 9.68. The van der Waals surface area contributed by atoms with Crippen LogP contribution in [0.1, 0.15) is 31.9 Å². The Balaban J connectivity index is 1.20. The Hall–Kier alpha value is -7.08. The topological polar surface area (TPSA) is 19.6 Å². The number of hydrogen-bond acceptors (Lipinski definition) is 4. The first-order valence-electron chi connectivity index (χ1n) is 21.6. The third-order valence-electron chi connectivity index (χ3n) is 13.5. The van der Waals surface area contributed by atoms with Gasteiger partial charge in [-0.3, -0.25) is 0 Å². The molecule has 0 amide bonds. The maximum absolute atomic E-state index is 7.08. The van der Waals surface area contributed by atoms with Crippen LogP contribution in [0.5, 0.6) is 0 Å². The lowest BCUT2D eigenvalue weighted by atomic mass is 9.43. The summed E-state index contributed by atoms with van der Waals surface area (Å²) >= 11 is 1.89. The Morgan fingerprint density at radius 1 is 0.532 bits per heavy atom. The highest BCUT2D eigenvalue weighted by Crippen LogP contribution is 2.52. The molecule has 3 nitrogen and oxygen atoms in total. The number of anilines is 5. The van der Waals surface area contributed by atoms with Gasteiger partial charge in [-0.25, -0.2) is 0 Å². The summed E-state index contributed by atoms with van der Waals surface area (Å²) in [5.41, 5.74) is 17.7. The molecule has 11 aromatic rings. The quantitative estimate of drug-likeness (QED) is 0.166. The van der Waals surface area contributed by atoms with Crippen LogP contribution < -0.4 is 20.6 Å². The summed E-state index contributed by atoms with van der Waals surface area (Å²) in [4.78, 5) is 5.21. The van der Waals surface area contributed by atoms with Crippen molar-refractivity contribution in [2.45, 2.75) is 33.1 Å². The van der Waals surface area contributed by atoms with E-state index in [9.17, 15) is 0 Å². The lowest BCUT2D eigenvalue weighted by molar-refractivity contribution is 0.590. The summed E-state index contributed by atoms with van der Waals surface area (Å²) in [5.74, 6) is 0. The Morgan fingerprint density at radius 2 is 1.24 bits per heavy atom. The minimum absolute atomic E-state index is 0.0221. The molecule has 0 aliphatic carbocycles. The van der Waals surface area contributed by atoms with Crippen molar-refractivity contribution in [3.63, 3.8) is 0 Å². The molecule has 2 aliphatic rings. The van der Waals surface area contributed by atoms with E-state index < -0.39 is 0 Å². The van der Waals surface area contributed by atoms with Gasteiger partial charge in [0.2, 0.25) is 0 Å². The Kier molecular flexibility index (Phi) is 7.46. The van der Waals surface area contributed by atoms with Gasteiger partial charge < -0.3 is 14.1 Å². The summed E-state index contributed by atoms with van der Waals surface area (Å²) in [6.45, 7) is 9.02. The molecule has 13 rings (SSSR count). The van der Waals surface area contributed by atoms with Crippen molar-refractivity contribution in [3.8, 4) is 22.3 Å². The van der Waals surface area contributed by atoms with Crippen LogP contribution in [0.2, 0.25) is 0 Å². The normalized spacial score (nSPS) is 13.4. The minimum atomic E-state index is -0.169. The van der Waals surface area contributed by atoms with Crippen molar-refractivity contribution in [1.82, 2.24) is 0 Å². The van der Waals surface area contributed by atoms with Gasteiger partial charge in [-0.15, -0.1) is 11.3 Å². The van der Waals surface area contributed by atoms with Crippen LogP contribution in [0.15, 0.2) is 180 Å². The molecule has 0 bridgehead atoms. The van der Waals surface area contributed by atoms with Crippen LogP contribution in [0.4, 0.5) is 28.4 Å². The van der Waals surface area contributed by atoms with Gasteiger partial charge in [0.05, 0.1) is 0 Å². The Labute approximate surface area is 365 Å². The number of hydrogen-bond donors (Lipinski definition) is 0. The second-order valence-corrected chi connectivity index (χ2v) is 19.2. The highest BCUT2D eigenvalue weighted by Gasteiger charge is 2.47. The fraction of sp³-hybridized carbons (Fsp3) is 0.0877. The van der Waals surface area contributed by atoms with Gasteiger partial charge in [0.25, 0.3) is 0 Å². The van der Waals surface area contributed by atoms with Gasteiger partial charge in [-0.05, 0) is 111 Å². The summed E-state index contributed by atoms with van der Waals surface area (Å²) in [7, 11) is 0. The zero-order chi connectivity index (χ0) is 41.4. The molecular formula is C57H41BN2OS. The van der Waals surface area contributed by atoms with E-state index in [1.165, 1.54) is 98.0 Å². The number of aryl methyl sites for hydroxylation is 1. The highest BCUT2D eigenvalue weighted by molar-refractivity contribution is 7.26. The molecule has 0 fully saturated rings. The van der Waals surface area contributed by atoms with E-state index in [1.807, 2.05) is 11.3 Å². The number of thiophene rings is 1. The Morgan fingerprint density at radius 3 is 2.03 bits per heavy atom. The van der Waals surface area contributed by atoms with Crippen molar-refractivity contribution >= 4 is 110 Å². The average molecular weight is 813 g/mol. The third-order valence-corrected chi connectivity index (χ3v) is 14.6. The van der Waals surface area contributed by atoms with E-state index >= 15 is 0 Å². The maximum Gasteiger partial charge on any atom is 0.333 e. The molecule has 0 N–H and O–H groups in total. The van der Waals surface area contributed by atoms with Gasteiger partial charge in [-0.2, -0.15) is 0 Å². The van der Waals surface area contributed by atoms with Gasteiger partial charge in [0, 0.05) is 70.5 Å². The number of fused-ring (bicyclic) bond motifs is 12. The summed E-state index contributed by atoms with van der Waals surface area (Å²) in [5, 5.41) is 7.27. The third kappa shape index (κ3) is 5.12. The lowest BCUT2D eigenvalue weighted by Gasteiger charge is -2.46. The number of furan rings is 1. The second-order valence-electron chi connectivity index (χ2n) is 18.2. The highest BCUT2D eigenvalue weighted by atomic mass is 32.1. The van der Waals surface area contributed by atoms with E-state index in [0.29, 0.717) is 0 Å². The minimum Gasteiger partial charge on any atom is -0.455 e. The summed E-state index contributed by atoms with van der Waals surface area (Å²) in [6, 6.07) is 65.5. The molecule has 62 heavy (non-hydrogen) atoms. The molecule has 4 heterocycles. The molecule has 2 aliphatic heterocycles. The number of benzene rings is 9. The predicted molar refractivity (Wildman–Crippen MR) is 267 cm³/mol. The van der Waals surface area contributed by atoms with Gasteiger partial charge >= 0.3 is 6.85 Å². The molecule has 0 unspecified atom stereocenters. The fourth-order valence-corrected chi connectivity index (χ4v) is 11.6. The fourth-order valence-electron chi connectivity index (χ4n) is 10.5. The molecule has 294 valence electrons. The largest absolute Gasteiger partial charge is 0.455 e. The first-order valence-corrected chi connectivity index (χ1v) is 22.4. The van der Waals surface area contributed by atoms with Crippen LogP contribution in [-0.4, -0.2) is 6.85 Å². The van der Waals surface area contributed by atoms with E-state index in [4.69, 9.17) is 4.42 Å². The summed E-state index contributed by atoms with van der Waals surface area (Å²) in [6.07, 6.45) is 0. The number of nitrogens with zero attached hydrogens (tertiary/aromatic N) is 2. The van der Waals surface area contributed by atoms with Crippen LogP contribution >= 0.6 is 11.3 Å². The van der Waals surface area contributed by atoms with Gasteiger partial charge in [0.15, 0.2) is 0 Å². The second kappa shape index (κ2) is 13.0. The van der Waals surface area contributed by atoms with Crippen molar-refractivity contribution in [1.29, 1.82) is 0 Å². The molecule has 9 aromatic carbocycles. The van der Waals surface area contributed by atoms with Crippen LogP contribution in [0.25, 0.3) is 75.1 Å². The molecule has 0 spiro atoms. The molecule has 0 saturated carbocycles. The standard InChI is InChI=1S/C57H41BN2OS/c1-34-28-39(57(2,3)4)24-27-47(34)59-49-33-53-43(42-19-11-13-21-52(42)62-53)31-46(49)58-55-50(59)32-44-41-18-10-12-20-51(41)61-56(44)54(55)45-29-37-16-8-9-17-38(37)30-48(45)60(58)40-25-22-36(23-26-40)35-14-6-5-7-15-35/h5-33H,1-4H3. The monoisotopic (exact) mass is 812 g/mol. The molecular weight excluding hydrogens is 772 g/mol. The number of rotatable bonds is 3. The molecule has 2 aromatic heterocycles. The van der Waals surface area contributed by atoms with E-state index in [1.54, 1.807) is 0 Å². The SMILES string of the molecule is Cc1cc(C(C)(C)C)ccc1N1c2cc3sc4ccccc4c3cc2B2c3c1cc1c(oc4ccccc41)c3-c1cc3ccccc3cc1N2c1ccc(-c2ccccc2)cc1. The van der Waals surface area contributed by atoms with Crippen molar-refractivity contribution in [2.24, 2.45) is 0 Å². The molecule has 0 radical (unpaired) electrons. The first kappa shape index (κ1) is 35.7. The predicted octanol–water partition coefficient (Wildman–Crippen LogP) is 15.1. The smallest absolute Gasteiger partial charge is 0.333 e. The zero-order valence-corrected chi connectivity index (χ0v) is 35.8. The Bertz CT molecular complexity index is 3650. The van der Waals surface area contributed by atoms with E-state index in [0.717, 1.165) is 27.6 Å². The molecule has 5 heteroatoms. The van der Waals surface area contributed by atoms with E-state index in [2.05, 4.69) is 213 Å². The van der Waals surface area contributed by atoms with Crippen molar-refractivity contribution in [3.05, 3.63) is 187 Å². The van der Waals surface area contributed by atoms with Crippen LogP contribution in [-0.2, 0) is 5.41 Å². The molecule has 0 atom stereocenters. The first-order chi connectivity index (χ1) is 30.3. The van der Waals surface area contributed by atoms with Crippen molar-refractivity contribution in [2.75, 3.05) is 9.71 Å². The maximum atomic E-state index is 7.08. The molecule has 0 saturated heterocycles. The van der Waals surface area contributed by atoms with Gasteiger partial charge in [-0.1, -0.05) is 142 Å². The van der Waals surface area contributed by atoms with Crippen LogP contribution in [0.3, 0.4) is 0 Å². The van der Waals surface area contributed by atoms with E-state index in [-0.39, 0.29) is 12.3 Å². The lowest BCUT2D eigenvalue weighted by Crippen LogP contribution is -2.61. The van der Waals surface area contributed by atoms with Crippen LogP contribution in [0, 0.1) is 6.92 Å². The average Bonchev–Trinajstić information content (AvgIpc) is 3.86. The number of para-hydroxylation sites is 1. The van der Waals surface area contributed by atoms with Gasteiger partial charge in [0.1, 0.15) is 11.2 Å². The van der Waals surface area contributed by atoms with Crippen molar-refractivity contribution < 1.29 is 4.42 Å². The zero-order valence-electron chi connectivity index (χ0n) is 35.0.